The van der Waals surface area contributed by atoms with E-state index in [1.54, 1.807) is 0 Å². The molecule has 0 aromatic heterocycles. The highest BCUT2D eigenvalue weighted by Crippen LogP contribution is 2.22. The molecule has 0 aliphatic carbocycles. The minimum absolute atomic E-state index is 0.0593. The lowest BCUT2D eigenvalue weighted by Gasteiger charge is -2.23. The zero-order chi connectivity index (χ0) is 14.6. The molecule has 0 bridgehead atoms. The van der Waals surface area contributed by atoms with Crippen LogP contribution in [0.3, 0.4) is 0 Å². The molecule has 0 aliphatic rings. The van der Waals surface area contributed by atoms with Gasteiger partial charge >= 0.3 is 5.97 Å². The molecular formula is C14H18BrNO3. The highest BCUT2D eigenvalue weighted by molar-refractivity contribution is 9.10. The van der Waals surface area contributed by atoms with Crippen LogP contribution in [0.4, 0.5) is 0 Å². The summed E-state index contributed by atoms with van der Waals surface area (Å²) in [6, 6.07) is 6.98. The van der Waals surface area contributed by atoms with Crippen molar-refractivity contribution in [1.82, 2.24) is 4.90 Å². The van der Waals surface area contributed by atoms with E-state index in [-0.39, 0.29) is 11.8 Å². The van der Waals surface area contributed by atoms with Crippen LogP contribution >= 0.6 is 15.9 Å². The van der Waals surface area contributed by atoms with Gasteiger partial charge in [-0.25, -0.2) is 4.79 Å². The van der Waals surface area contributed by atoms with Gasteiger partial charge in [-0.2, -0.15) is 0 Å². The van der Waals surface area contributed by atoms with E-state index in [2.05, 4.69) is 15.9 Å². The summed E-state index contributed by atoms with van der Waals surface area (Å²) in [5.74, 6) is -1.10. The summed E-state index contributed by atoms with van der Waals surface area (Å²) in [6.45, 7) is 3.46. The molecule has 1 aromatic rings. The topological polar surface area (TPSA) is 57.6 Å². The van der Waals surface area contributed by atoms with Gasteiger partial charge in [0.25, 0.3) is 0 Å². The summed E-state index contributed by atoms with van der Waals surface area (Å²) < 4.78 is 0.992. The highest BCUT2D eigenvalue weighted by Gasteiger charge is 2.23. The van der Waals surface area contributed by atoms with E-state index in [4.69, 9.17) is 5.11 Å². The number of carbonyl (C=O) groups is 2. The third-order valence-electron chi connectivity index (χ3n) is 3.25. The molecule has 1 rings (SSSR count). The first-order chi connectivity index (χ1) is 8.82. The zero-order valence-corrected chi connectivity index (χ0v) is 12.8. The molecule has 1 aromatic carbocycles. The quantitative estimate of drug-likeness (QED) is 0.904. The normalized spacial score (nSPS) is 13.7. The van der Waals surface area contributed by atoms with Gasteiger partial charge in [0.05, 0.1) is 0 Å². The van der Waals surface area contributed by atoms with E-state index >= 15 is 0 Å². The lowest BCUT2D eigenvalue weighted by Crippen LogP contribution is -2.40. The SMILES string of the molecule is CC(CC(=O)N(C)C(C)C(=O)O)c1ccc(Br)cc1. The van der Waals surface area contributed by atoms with Gasteiger partial charge in [-0.1, -0.05) is 35.0 Å². The van der Waals surface area contributed by atoms with Gasteiger partial charge in [-0.15, -0.1) is 0 Å². The molecule has 0 fully saturated rings. The number of nitrogens with zero attached hydrogens (tertiary/aromatic N) is 1. The first-order valence-electron chi connectivity index (χ1n) is 6.07. The van der Waals surface area contributed by atoms with Crippen LogP contribution in [-0.4, -0.2) is 35.0 Å². The highest BCUT2D eigenvalue weighted by atomic mass is 79.9. The van der Waals surface area contributed by atoms with E-state index in [1.807, 2.05) is 31.2 Å². The van der Waals surface area contributed by atoms with Gasteiger partial charge < -0.3 is 10.0 Å². The third kappa shape index (κ3) is 4.35. The number of aliphatic carboxylic acids is 1. The standard InChI is InChI=1S/C14H18BrNO3/c1-9(11-4-6-12(15)7-5-11)8-13(17)16(3)10(2)14(18)19/h4-7,9-10H,8H2,1-3H3,(H,18,19). The fourth-order valence-corrected chi connectivity index (χ4v) is 1.96. The molecule has 0 saturated carbocycles. The van der Waals surface area contributed by atoms with Crippen LogP contribution in [0, 0.1) is 0 Å². The number of carboxylic acids is 1. The molecule has 19 heavy (non-hydrogen) atoms. The molecule has 104 valence electrons. The molecule has 1 amide bonds. The number of carboxylic acid groups (broad SMARTS) is 1. The van der Waals surface area contributed by atoms with Gasteiger partial charge in [0.1, 0.15) is 6.04 Å². The smallest absolute Gasteiger partial charge is 0.326 e. The van der Waals surface area contributed by atoms with Crippen LogP contribution < -0.4 is 0 Å². The van der Waals surface area contributed by atoms with Crippen molar-refractivity contribution in [3.8, 4) is 0 Å². The van der Waals surface area contributed by atoms with Crippen molar-refractivity contribution in [2.75, 3.05) is 7.05 Å². The average molecular weight is 328 g/mol. The van der Waals surface area contributed by atoms with Gasteiger partial charge in [-0.3, -0.25) is 4.79 Å². The Morgan fingerprint density at radius 2 is 1.79 bits per heavy atom. The van der Waals surface area contributed by atoms with Crippen molar-refractivity contribution in [2.45, 2.75) is 32.2 Å². The van der Waals surface area contributed by atoms with Gasteiger partial charge in [0, 0.05) is 17.9 Å². The summed E-state index contributed by atoms with van der Waals surface area (Å²) in [5.41, 5.74) is 1.06. The fraction of sp³-hybridized carbons (Fsp3) is 0.429. The second-order valence-electron chi connectivity index (χ2n) is 4.68. The summed E-state index contributed by atoms with van der Waals surface area (Å²) in [6.07, 6.45) is 0.301. The number of amides is 1. The number of rotatable bonds is 5. The van der Waals surface area contributed by atoms with Crippen LogP contribution in [0.25, 0.3) is 0 Å². The average Bonchev–Trinajstić information content (AvgIpc) is 2.37. The molecule has 0 aliphatic heterocycles. The molecule has 0 heterocycles. The summed E-state index contributed by atoms with van der Waals surface area (Å²) >= 11 is 3.36. The second-order valence-corrected chi connectivity index (χ2v) is 5.59. The van der Waals surface area contributed by atoms with E-state index in [0.29, 0.717) is 6.42 Å². The van der Waals surface area contributed by atoms with Crippen LogP contribution in [0.15, 0.2) is 28.7 Å². The lowest BCUT2D eigenvalue weighted by atomic mass is 9.97. The van der Waals surface area contributed by atoms with Crippen molar-refractivity contribution in [3.05, 3.63) is 34.3 Å². The first kappa shape index (κ1) is 15.7. The monoisotopic (exact) mass is 327 g/mol. The number of likely N-dealkylation sites (N-methyl/N-ethyl adjacent to an activating group) is 1. The van der Waals surface area contributed by atoms with Crippen molar-refractivity contribution in [2.24, 2.45) is 0 Å². The number of halogens is 1. The zero-order valence-electron chi connectivity index (χ0n) is 11.3. The fourth-order valence-electron chi connectivity index (χ4n) is 1.70. The molecule has 1 N–H and O–H groups in total. The van der Waals surface area contributed by atoms with Gasteiger partial charge in [0.2, 0.25) is 5.91 Å². The molecule has 2 unspecified atom stereocenters. The predicted molar refractivity (Wildman–Crippen MR) is 77.0 cm³/mol. The molecular weight excluding hydrogens is 310 g/mol. The summed E-state index contributed by atoms with van der Waals surface area (Å²) in [4.78, 5) is 24.1. The van der Waals surface area contributed by atoms with E-state index in [1.165, 1.54) is 18.9 Å². The van der Waals surface area contributed by atoms with Crippen molar-refractivity contribution < 1.29 is 14.7 Å². The maximum absolute atomic E-state index is 12.0. The largest absolute Gasteiger partial charge is 0.480 e. The molecule has 0 saturated heterocycles. The third-order valence-corrected chi connectivity index (χ3v) is 3.78. The number of benzene rings is 1. The molecule has 2 atom stereocenters. The van der Waals surface area contributed by atoms with E-state index in [9.17, 15) is 9.59 Å². The van der Waals surface area contributed by atoms with Crippen LogP contribution in [0.1, 0.15) is 31.7 Å². The minimum atomic E-state index is -0.993. The lowest BCUT2D eigenvalue weighted by molar-refractivity contribution is -0.148. The maximum Gasteiger partial charge on any atom is 0.326 e. The van der Waals surface area contributed by atoms with Crippen molar-refractivity contribution >= 4 is 27.8 Å². The van der Waals surface area contributed by atoms with Gasteiger partial charge in [0.15, 0.2) is 0 Å². The van der Waals surface area contributed by atoms with E-state index in [0.717, 1.165) is 10.0 Å². The Bertz CT molecular complexity index is 458. The van der Waals surface area contributed by atoms with E-state index < -0.39 is 12.0 Å². The Hall–Kier alpha value is -1.36. The van der Waals surface area contributed by atoms with Crippen LogP contribution in [-0.2, 0) is 9.59 Å². The summed E-state index contributed by atoms with van der Waals surface area (Å²) in [5, 5.41) is 8.88. The number of hydrogen-bond donors (Lipinski definition) is 1. The number of carbonyl (C=O) groups excluding carboxylic acids is 1. The number of hydrogen-bond acceptors (Lipinski definition) is 2. The van der Waals surface area contributed by atoms with Crippen LogP contribution in [0.5, 0.6) is 0 Å². The van der Waals surface area contributed by atoms with Crippen molar-refractivity contribution in [1.29, 1.82) is 0 Å². The minimum Gasteiger partial charge on any atom is -0.480 e. The van der Waals surface area contributed by atoms with Crippen molar-refractivity contribution in [3.63, 3.8) is 0 Å². The Morgan fingerprint density at radius 1 is 1.26 bits per heavy atom. The Labute approximate surface area is 121 Å². The molecule has 0 spiro atoms. The van der Waals surface area contributed by atoms with Gasteiger partial charge in [-0.05, 0) is 30.5 Å². The Morgan fingerprint density at radius 3 is 2.26 bits per heavy atom. The summed E-state index contributed by atoms with van der Waals surface area (Å²) in [7, 11) is 1.52. The maximum atomic E-state index is 12.0. The second kappa shape index (κ2) is 6.70. The predicted octanol–water partition coefficient (Wildman–Crippen LogP) is 2.87. The molecule has 4 nitrogen and oxygen atoms in total. The molecule has 0 radical (unpaired) electrons. The Kier molecular flexibility index (Phi) is 5.54. The first-order valence-corrected chi connectivity index (χ1v) is 6.86. The Balaban J connectivity index is 2.66. The van der Waals surface area contributed by atoms with Crippen LogP contribution in [0.2, 0.25) is 0 Å². The molecule has 5 heteroatoms.